The van der Waals surface area contributed by atoms with Gasteiger partial charge in [-0.3, -0.25) is 4.79 Å². The molecule has 1 atom stereocenters. The van der Waals surface area contributed by atoms with Gasteiger partial charge in [-0.2, -0.15) is 5.26 Å². The summed E-state index contributed by atoms with van der Waals surface area (Å²) < 4.78 is 0. The summed E-state index contributed by atoms with van der Waals surface area (Å²) in [6.45, 7) is 4.39. The lowest BCUT2D eigenvalue weighted by Gasteiger charge is -2.21. The van der Waals surface area contributed by atoms with Crippen molar-refractivity contribution < 1.29 is 4.79 Å². The Labute approximate surface area is 101 Å². The molecule has 0 fully saturated rings. The van der Waals surface area contributed by atoms with Gasteiger partial charge in [-0.15, -0.1) is 0 Å². The minimum absolute atomic E-state index is 0.0165. The molecule has 1 aromatic heterocycles. The molecule has 0 spiro atoms. The molecular weight excluding hydrogens is 216 g/mol. The number of anilines is 1. The second kappa shape index (κ2) is 5.85. The normalized spacial score (nSPS) is 11.4. The Kier molecular flexibility index (Phi) is 4.46. The van der Waals surface area contributed by atoms with Crippen molar-refractivity contribution in [3.8, 4) is 6.07 Å². The van der Waals surface area contributed by atoms with Crippen molar-refractivity contribution in [2.24, 2.45) is 0 Å². The molecular formula is C12H16N4O. The first kappa shape index (κ1) is 13.0. The van der Waals surface area contributed by atoms with Crippen LogP contribution in [0.3, 0.4) is 0 Å². The number of carbonyl (C=O) groups is 1. The zero-order valence-corrected chi connectivity index (χ0v) is 10.3. The smallest absolute Gasteiger partial charge is 0.244 e. The summed E-state index contributed by atoms with van der Waals surface area (Å²) in [5.74, 6) is 0.0165. The van der Waals surface area contributed by atoms with Crippen LogP contribution in [0.1, 0.15) is 19.5 Å². The maximum atomic E-state index is 11.8. The molecule has 0 saturated heterocycles. The van der Waals surface area contributed by atoms with E-state index in [0.29, 0.717) is 12.2 Å². The standard InChI is InChI=1S/C12H16N4O/c1-4-16(3)12(17)9(2)15-10-5-6-14-11(7-10)8-13/h5-7,9H,4H2,1-3H3,(H,14,15). The number of aromatic nitrogens is 1. The topological polar surface area (TPSA) is 69.0 Å². The quantitative estimate of drug-likeness (QED) is 0.847. The maximum Gasteiger partial charge on any atom is 0.244 e. The third-order valence-electron chi connectivity index (χ3n) is 2.48. The van der Waals surface area contributed by atoms with Crippen LogP contribution in [0.5, 0.6) is 0 Å². The van der Waals surface area contributed by atoms with Crippen molar-refractivity contribution in [2.75, 3.05) is 18.9 Å². The predicted octanol–water partition coefficient (Wildman–Crippen LogP) is 1.23. The van der Waals surface area contributed by atoms with E-state index in [1.807, 2.05) is 13.0 Å². The molecule has 0 aliphatic rings. The second-order valence-electron chi connectivity index (χ2n) is 3.76. The van der Waals surface area contributed by atoms with E-state index >= 15 is 0 Å². The van der Waals surface area contributed by atoms with Crippen LogP contribution in [0.2, 0.25) is 0 Å². The zero-order chi connectivity index (χ0) is 12.8. The van der Waals surface area contributed by atoms with E-state index in [9.17, 15) is 4.79 Å². The molecule has 1 rings (SSSR count). The van der Waals surface area contributed by atoms with Crippen LogP contribution < -0.4 is 5.32 Å². The molecule has 1 N–H and O–H groups in total. The van der Waals surface area contributed by atoms with Gasteiger partial charge in [-0.05, 0) is 26.0 Å². The van der Waals surface area contributed by atoms with Crippen molar-refractivity contribution >= 4 is 11.6 Å². The number of hydrogen-bond donors (Lipinski definition) is 1. The Morgan fingerprint density at radius 3 is 3.00 bits per heavy atom. The van der Waals surface area contributed by atoms with Crippen LogP contribution in [0.15, 0.2) is 18.3 Å². The monoisotopic (exact) mass is 232 g/mol. The number of amides is 1. The van der Waals surface area contributed by atoms with Crippen LogP contribution in [0.4, 0.5) is 5.69 Å². The molecule has 0 radical (unpaired) electrons. The summed E-state index contributed by atoms with van der Waals surface area (Å²) in [7, 11) is 1.76. The third kappa shape index (κ3) is 3.45. The summed E-state index contributed by atoms with van der Waals surface area (Å²) in [5.41, 5.74) is 1.06. The molecule has 0 saturated carbocycles. The van der Waals surface area contributed by atoms with Crippen molar-refractivity contribution in [3.05, 3.63) is 24.0 Å². The average molecular weight is 232 g/mol. The van der Waals surface area contributed by atoms with Gasteiger partial charge < -0.3 is 10.2 Å². The van der Waals surface area contributed by atoms with Gasteiger partial charge in [0.1, 0.15) is 17.8 Å². The fourth-order valence-corrected chi connectivity index (χ4v) is 1.38. The Morgan fingerprint density at radius 1 is 1.71 bits per heavy atom. The van der Waals surface area contributed by atoms with E-state index in [2.05, 4.69) is 10.3 Å². The van der Waals surface area contributed by atoms with Gasteiger partial charge in [-0.25, -0.2) is 4.98 Å². The molecule has 90 valence electrons. The molecule has 0 aliphatic carbocycles. The number of carbonyl (C=O) groups excluding carboxylic acids is 1. The minimum atomic E-state index is -0.325. The molecule has 0 aliphatic heterocycles. The highest BCUT2D eigenvalue weighted by atomic mass is 16.2. The first-order valence-electron chi connectivity index (χ1n) is 5.46. The van der Waals surface area contributed by atoms with Gasteiger partial charge in [0.15, 0.2) is 0 Å². The van der Waals surface area contributed by atoms with E-state index in [0.717, 1.165) is 5.69 Å². The number of pyridine rings is 1. The van der Waals surface area contributed by atoms with Crippen molar-refractivity contribution in [3.63, 3.8) is 0 Å². The number of nitrogens with one attached hydrogen (secondary N) is 1. The van der Waals surface area contributed by atoms with E-state index in [-0.39, 0.29) is 11.9 Å². The lowest BCUT2D eigenvalue weighted by molar-refractivity contribution is -0.130. The second-order valence-corrected chi connectivity index (χ2v) is 3.76. The fourth-order valence-electron chi connectivity index (χ4n) is 1.38. The summed E-state index contributed by atoms with van der Waals surface area (Å²) in [6, 6.07) is 4.99. The Hall–Kier alpha value is -2.09. The van der Waals surface area contributed by atoms with Crippen LogP contribution in [0.25, 0.3) is 0 Å². The summed E-state index contributed by atoms with van der Waals surface area (Å²) in [6.07, 6.45) is 1.54. The molecule has 5 heteroatoms. The zero-order valence-electron chi connectivity index (χ0n) is 10.3. The van der Waals surface area contributed by atoms with E-state index in [1.54, 1.807) is 37.2 Å². The molecule has 5 nitrogen and oxygen atoms in total. The van der Waals surface area contributed by atoms with Crippen LogP contribution in [-0.2, 0) is 4.79 Å². The number of nitriles is 1. The summed E-state index contributed by atoms with van der Waals surface area (Å²) in [4.78, 5) is 17.3. The van der Waals surface area contributed by atoms with Gasteiger partial charge in [0.05, 0.1) is 0 Å². The largest absolute Gasteiger partial charge is 0.374 e. The maximum absolute atomic E-state index is 11.8. The number of hydrogen-bond acceptors (Lipinski definition) is 4. The Bertz CT molecular complexity index is 438. The lowest BCUT2D eigenvalue weighted by atomic mass is 10.2. The average Bonchev–Trinajstić information content (AvgIpc) is 2.37. The third-order valence-corrected chi connectivity index (χ3v) is 2.48. The van der Waals surface area contributed by atoms with Gasteiger partial charge in [0.2, 0.25) is 5.91 Å². The highest BCUT2D eigenvalue weighted by Gasteiger charge is 2.15. The molecule has 1 aromatic rings. The minimum Gasteiger partial charge on any atom is -0.374 e. The number of likely N-dealkylation sites (N-methyl/N-ethyl adjacent to an activating group) is 1. The highest BCUT2D eigenvalue weighted by molar-refractivity contribution is 5.84. The molecule has 1 amide bonds. The fraction of sp³-hybridized carbons (Fsp3) is 0.417. The Morgan fingerprint density at radius 2 is 2.41 bits per heavy atom. The van der Waals surface area contributed by atoms with E-state index in [4.69, 9.17) is 5.26 Å². The predicted molar refractivity (Wildman–Crippen MR) is 65.3 cm³/mol. The van der Waals surface area contributed by atoms with Crippen molar-refractivity contribution in [1.82, 2.24) is 9.88 Å². The highest BCUT2D eigenvalue weighted by Crippen LogP contribution is 2.09. The van der Waals surface area contributed by atoms with Crippen LogP contribution in [0, 0.1) is 11.3 Å². The van der Waals surface area contributed by atoms with Gasteiger partial charge >= 0.3 is 0 Å². The molecule has 17 heavy (non-hydrogen) atoms. The summed E-state index contributed by atoms with van der Waals surface area (Å²) >= 11 is 0. The lowest BCUT2D eigenvalue weighted by Crippen LogP contribution is -2.38. The van der Waals surface area contributed by atoms with Gasteiger partial charge in [-0.1, -0.05) is 0 Å². The number of nitrogens with zero attached hydrogens (tertiary/aromatic N) is 3. The first-order chi connectivity index (χ1) is 8.08. The molecule has 1 unspecified atom stereocenters. The molecule has 0 bridgehead atoms. The van der Waals surface area contributed by atoms with E-state index < -0.39 is 0 Å². The molecule has 0 aromatic carbocycles. The summed E-state index contributed by atoms with van der Waals surface area (Å²) in [5, 5.41) is 11.8. The molecule has 1 heterocycles. The van der Waals surface area contributed by atoms with Crippen molar-refractivity contribution in [2.45, 2.75) is 19.9 Å². The van der Waals surface area contributed by atoms with E-state index in [1.165, 1.54) is 0 Å². The van der Waals surface area contributed by atoms with Crippen molar-refractivity contribution in [1.29, 1.82) is 5.26 Å². The first-order valence-corrected chi connectivity index (χ1v) is 5.46. The van der Waals surface area contributed by atoms with Gasteiger partial charge in [0, 0.05) is 25.5 Å². The van der Waals surface area contributed by atoms with Crippen LogP contribution >= 0.6 is 0 Å². The Balaban J connectivity index is 2.71. The number of rotatable bonds is 4. The van der Waals surface area contributed by atoms with Gasteiger partial charge in [0.25, 0.3) is 0 Å². The SMILES string of the molecule is CCN(C)C(=O)C(C)Nc1ccnc(C#N)c1. The van der Waals surface area contributed by atoms with Crippen LogP contribution in [-0.4, -0.2) is 35.4 Å².